The van der Waals surface area contributed by atoms with E-state index in [-0.39, 0.29) is 6.29 Å². The maximum absolute atomic E-state index is 11.5. The normalized spacial score (nSPS) is 13.8. The number of carbonyl (C=O) groups is 2. The molecule has 14 nitrogen and oxygen atoms in total. The molecule has 0 aromatic heterocycles. The van der Waals surface area contributed by atoms with Crippen molar-refractivity contribution in [1.29, 1.82) is 0 Å². The van der Waals surface area contributed by atoms with Crippen molar-refractivity contribution in [2.24, 2.45) is 0 Å². The Kier molecular flexibility index (Phi) is 13.9. The van der Waals surface area contributed by atoms with Gasteiger partial charge in [-0.2, -0.15) is 0 Å². The Hall–Kier alpha value is -0.920. The Labute approximate surface area is 150 Å². The molecule has 156 valence electrons. The molecule has 8 N–H and O–H groups in total. The lowest BCUT2D eigenvalue weighted by Gasteiger charge is -2.16. The predicted octanol–water partition coefficient (Wildman–Crippen LogP) is -1.48. The minimum absolute atomic E-state index is 0.103. The van der Waals surface area contributed by atoms with Gasteiger partial charge in [-0.15, -0.1) is 0 Å². The molecular weight excluding hydrogens is 398 g/mol. The third-order valence-corrected chi connectivity index (χ3v) is 5.03. The van der Waals surface area contributed by atoms with Gasteiger partial charge in [-0.05, 0) is 13.8 Å². The zero-order chi connectivity index (χ0) is 21.0. The van der Waals surface area contributed by atoms with E-state index in [1.807, 2.05) is 0 Å². The van der Waals surface area contributed by atoms with Crippen LogP contribution in [0.15, 0.2) is 0 Å². The first-order chi connectivity index (χ1) is 11.9. The average Bonchev–Trinajstić information content (AvgIpc) is 2.62. The number of rotatable bonds is 10. The van der Waals surface area contributed by atoms with E-state index < -0.39 is 45.4 Å². The number of amides is 2. The van der Waals surface area contributed by atoms with Crippen molar-refractivity contribution >= 4 is 27.0 Å². The van der Waals surface area contributed by atoms with E-state index in [0.717, 1.165) is 0 Å². The highest BCUT2D eigenvalue weighted by Crippen LogP contribution is 2.44. The largest absolute Gasteiger partial charge is 0.343 e. The zero-order valence-electron chi connectivity index (χ0n) is 14.7. The number of hydrogen-bond acceptors (Lipinski definition) is 10. The van der Waals surface area contributed by atoms with Crippen LogP contribution in [-0.2, 0) is 27.8 Å². The van der Waals surface area contributed by atoms with Crippen molar-refractivity contribution in [3.8, 4) is 0 Å². The van der Waals surface area contributed by atoms with Crippen molar-refractivity contribution < 1.29 is 48.0 Å². The van der Waals surface area contributed by atoms with Crippen molar-refractivity contribution in [3.63, 3.8) is 0 Å². The Balaban J connectivity index is 0. The molecular formula is C10H26N4O10P2. The summed E-state index contributed by atoms with van der Waals surface area (Å²) in [5, 5.41) is 21.2. The van der Waals surface area contributed by atoms with E-state index in [2.05, 4.69) is 19.7 Å². The molecule has 0 saturated carbocycles. The quantitative estimate of drug-likeness (QED) is 0.114. The molecule has 0 aliphatic rings. The second kappa shape index (κ2) is 13.3. The minimum Gasteiger partial charge on any atom is -0.324 e. The Morgan fingerprint density at radius 2 is 1.23 bits per heavy atom. The molecule has 16 heteroatoms. The highest BCUT2D eigenvalue weighted by molar-refractivity contribution is 7.53. The summed E-state index contributed by atoms with van der Waals surface area (Å²) in [6.45, 7) is 2.86. The fourth-order valence-electron chi connectivity index (χ4n) is 1.09. The summed E-state index contributed by atoms with van der Waals surface area (Å²) in [7, 11) is -4.80. The van der Waals surface area contributed by atoms with Gasteiger partial charge in [0, 0.05) is 14.2 Å². The molecule has 0 rings (SSSR count). The van der Waals surface area contributed by atoms with E-state index in [1.165, 1.54) is 39.0 Å². The van der Waals surface area contributed by atoms with Crippen LogP contribution in [0.4, 0.5) is 0 Å². The monoisotopic (exact) mass is 424 g/mol. The first-order valence-electron chi connectivity index (χ1n) is 6.95. The zero-order valence-corrected chi connectivity index (χ0v) is 16.5. The lowest BCUT2D eigenvalue weighted by Crippen LogP contribution is -2.41. The van der Waals surface area contributed by atoms with Gasteiger partial charge in [-0.3, -0.25) is 39.8 Å². The molecule has 2 unspecified atom stereocenters. The first kappa shape index (κ1) is 27.3. The van der Waals surface area contributed by atoms with Gasteiger partial charge in [-0.1, -0.05) is 0 Å². The topological polar surface area (TPSA) is 216 Å². The summed E-state index contributed by atoms with van der Waals surface area (Å²) in [6, 6.07) is -1.53. The van der Waals surface area contributed by atoms with Gasteiger partial charge < -0.3 is 18.8 Å². The van der Waals surface area contributed by atoms with Gasteiger partial charge in [0.05, 0.1) is 24.7 Å². The summed E-state index contributed by atoms with van der Waals surface area (Å²) in [6.07, 6.45) is -0.698. The molecule has 0 aromatic carbocycles. The van der Waals surface area contributed by atoms with Gasteiger partial charge in [0.2, 0.25) is 0 Å². The Bertz CT molecular complexity index is 520. The number of hydroxylamine groups is 2. The lowest BCUT2D eigenvalue weighted by atomic mass is 10.3. The molecule has 0 saturated heterocycles. The summed E-state index contributed by atoms with van der Waals surface area (Å²) >= 11 is 0. The minimum atomic E-state index is -4.14. The Morgan fingerprint density at radius 1 is 0.885 bits per heavy atom. The molecule has 0 aliphatic heterocycles. The molecule has 0 spiro atoms. The van der Waals surface area contributed by atoms with Crippen molar-refractivity contribution in [3.05, 3.63) is 0 Å². The van der Waals surface area contributed by atoms with E-state index in [4.69, 9.17) is 20.2 Å². The molecule has 0 aromatic rings. The van der Waals surface area contributed by atoms with Gasteiger partial charge in [0.25, 0.3) is 11.8 Å². The predicted molar refractivity (Wildman–Crippen MR) is 88.5 cm³/mol. The fourth-order valence-corrected chi connectivity index (χ4v) is 2.50. The maximum Gasteiger partial charge on any atom is 0.343 e. The molecule has 26 heavy (non-hydrogen) atoms. The number of hydrogen-bond donors (Lipinski definition) is 8. The van der Waals surface area contributed by atoms with Crippen LogP contribution in [0.3, 0.4) is 0 Å². The SMILES string of the molecule is CC(NCP(=O)(O)O)C(=O)NO.COP(=O)(CNC(C)C(=O)NO)OC. The number of carbonyl (C=O) groups excluding carboxylic acids is 2. The standard InChI is InChI=1S/C6H15N2O5P.C4H11N2O5P/c1-5(6(9)8-10)7-4-14(11,12-2)13-3;1-3(4(7)6-8)5-2-12(9,10)11/h5,7,10H,4H2,1-3H3,(H,8,9);3,5,8H,2H2,1H3,(H,6,7)(H2,9,10,11). The van der Waals surface area contributed by atoms with Crippen molar-refractivity contribution in [2.45, 2.75) is 25.9 Å². The molecule has 0 bridgehead atoms. The van der Waals surface area contributed by atoms with E-state index in [1.54, 1.807) is 0 Å². The van der Waals surface area contributed by atoms with Crippen molar-refractivity contribution in [1.82, 2.24) is 21.6 Å². The fraction of sp³-hybridized carbons (Fsp3) is 0.800. The van der Waals surface area contributed by atoms with Crippen LogP contribution < -0.4 is 21.6 Å². The highest BCUT2D eigenvalue weighted by atomic mass is 31.2. The molecule has 2 atom stereocenters. The molecule has 0 aliphatic carbocycles. The van der Waals surface area contributed by atoms with Gasteiger partial charge in [0.15, 0.2) is 0 Å². The van der Waals surface area contributed by atoms with Crippen LogP contribution in [0.1, 0.15) is 13.8 Å². The third-order valence-electron chi connectivity index (χ3n) is 2.76. The van der Waals surface area contributed by atoms with E-state index in [9.17, 15) is 18.7 Å². The number of nitrogens with one attached hydrogen (secondary N) is 4. The van der Waals surface area contributed by atoms with E-state index in [0.29, 0.717) is 0 Å². The molecule has 2 amide bonds. The van der Waals surface area contributed by atoms with Crippen LogP contribution >= 0.6 is 15.2 Å². The van der Waals surface area contributed by atoms with Gasteiger partial charge >= 0.3 is 15.2 Å². The average molecular weight is 424 g/mol. The Morgan fingerprint density at radius 3 is 1.50 bits per heavy atom. The van der Waals surface area contributed by atoms with Crippen LogP contribution in [-0.4, -0.2) is 70.9 Å². The van der Waals surface area contributed by atoms with Gasteiger partial charge in [0.1, 0.15) is 0 Å². The second-order valence-corrected chi connectivity index (χ2v) is 8.67. The van der Waals surface area contributed by atoms with E-state index >= 15 is 0 Å². The maximum atomic E-state index is 11.5. The first-order valence-corrected chi connectivity index (χ1v) is 10.5. The molecule has 0 fully saturated rings. The van der Waals surface area contributed by atoms with Crippen LogP contribution in [0.2, 0.25) is 0 Å². The second-order valence-electron chi connectivity index (χ2n) is 4.76. The van der Waals surface area contributed by atoms with Gasteiger partial charge in [-0.25, -0.2) is 11.0 Å². The third kappa shape index (κ3) is 13.3. The molecule has 0 heterocycles. The van der Waals surface area contributed by atoms with Crippen LogP contribution in [0.25, 0.3) is 0 Å². The summed E-state index contributed by atoms with van der Waals surface area (Å²) in [4.78, 5) is 38.1. The highest BCUT2D eigenvalue weighted by Gasteiger charge is 2.23. The van der Waals surface area contributed by atoms with Crippen LogP contribution in [0, 0.1) is 0 Å². The summed E-state index contributed by atoms with van der Waals surface area (Å²) < 4.78 is 31.0. The van der Waals surface area contributed by atoms with Crippen LogP contribution in [0.5, 0.6) is 0 Å². The smallest absolute Gasteiger partial charge is 0.324 e. The summed E-state index contributed by atoms with van der Waals surface area (Å²) in [5.74, 6) is -1.37. The summed E-state index contributed by atoms with van der Waals surface area (Å²) in [5.41, 5.74) is 2.81. The molecule has 0 radical (unpaired) electrons. The van der Waals surface area contributed by atoms with Crippen molar-refractivity contribution in [2.75, 3.05) is 26.8 Å². The lowest BCUT2D eigenvalue weighted by molar-refractivity contribution is -0.131.